The number of hydrogen-bond donors (Lipinski definition) is 1. The minimum absolute atomic E-state index is 0.224. The quantitative estimate of drug-likeness (QED) is 0.662. The van der Waals surface area contributed by atoms with Crippen LogP contribution in [0.25, 0.3) is 22.4 Å². The molecule has 0 spiro atoms. The number of anilines is 1. The normalized spacial score (nSPS) is 11.5. The summed E-state index contributed by atoms with van der Waals surface area (Å²) in [5.74, 6) is 0.769. The molecule has 0 saturated heterocycles. The maximum absolute atomic E-state index is 6.34. The maximum Gasteiger partial charge on any atom is 0.144 e. The summed E-state index contributed by atoms with van der Waals surface area (Å²) in [6.07, 6.45) is 0. The Bertz CT molecular complexity index is 801. The van der Waals surface area contributed by atoms with Gasteiger partial charge in [-0.1, -0.05) is 29.3 Å². The van der Waals surface area contributed by atoms with Gasteiger partial charge in [0.2, 0.25) is 0 Å². The molecule has 0 aliphatic carbocycles. The van der Waals surface area contributed by atoms with Crippen LogP contribution >= 0.6 is 23.2 Å². The number of nitrogens with zero attached hydrogens (tertiary/aromatic N) is 2. The minimum atomic E-state index is 0.224. The Morgan fingerprint density at radius 3 is 2.57 bits per heavy atom. The molecule has 2 N–H and O–H groups in total. The van der Waals surface area contributed by atoms with E-state index in [1.165, 1.54) is 0 Å². The number of aromatic nitrogens is 2. The third kappa shape index (κ3) is 2.37. The molecular weight excluding hydrogens is 305 g/mol. The molecule has 5 heteroatoms. The summed E-state index contributed by atoms with van der Waals surface area (Å²) < 4.78 is 2.13. The van der Waals surface area contributed by atoms with E-state index in [1.54, 1.807) is 0 Å². The molecule has 3 rings (SSSR count). The van der Waals surface area contributed by atoms with Gasteiger partial charge >= 0.3 is 0 Å². The maximum atomic E-state index is 6.34. The zero-order chi connectivity index (χ0) is 15.1. The second kappa shape index (κ2) is 5.24. The van der Waals surface area contributed by atoms with E-state index in [2.05, 4.69) is 18.4 Å². The van der Waals surface area contributed by atoms with Crippen molar-refractivity contribution in [1.29, 1.82) is 0 Å². The van der Waals surface area contributed by atoms with Crippen LogP contribution in [0.5, 0.6) is 0 Å². The smallest absolute Gasteiger partial charge is 0.144 e. The van der Waals surface area contributed by atoms with Crippen LogP contribution < -0.4 is 5.73 Å². The number of halogens is 2. The predicted octanol–water partition coefficient (Wildman–Crippen LogP) is 5.17. The molecule has 0 aliphatic rings. The van der Waals surface area contributed by atoms with Gasteiger partial charge in [0.15, 0.2) is 0 Å². The molecule has 0 radical (unpaired) electrons. The topological polar surface area (TPSA) is 43.8 Å². The molecule has 3 aromatic rings. The number of nitrogen functional groups attached to an aromatic ring is 1. The van der Waals surface area contributed by atoms with Crippen molar-refractivity contribution >= 4 is 39.9 Å². The highest BCUT2D eigenvalue weighted by Gasteiger charge is 2.19. The van der Waals surface area contributed by atoms with Crippen LogP contribution in [0.2, 0.25) is 10.0 Å². The molecule has 0 unspecified atom stereocenters. The van der Waals surface area contributed by atoms with Crippen molar-refractivity contribution in [2.45, 2.75) is 19.9 Å². The second-order valence-corrected chi connectivity index (χ2v) is 6.08. The van der Waals surface area contributed by atoms with Gasteiger partial charge < -0.3 is 10.3 Å². The van der Waals surface area contributed by atoms with Gasteiger partial charge in [-0.05, 0) is 44.2 Å². The second-order valence-electron chi connectivity index (χ2n) is 5.24. The lowest BCUT2D eigenvalue weighted by Crippen LogP contribution is -2.04. The highest BCUT2D eigenvalue weighted by atomic mass is 35.5. The Morgan fingerprint density at radius 1 is 1.14 bits per heavy atom. The van der Waals surface area contributed by atoms with Gasteiger partial charge in [0.25, 0.3) is 0 Å². The van der Waals surface area contributed by atoms with E-state index in [-0.39, 0.29) is 6.04 Å². The molecule has 0 saturated carbocycles. The van der Waals surface area contributed by atoms with E-state index in [0.29, 0.717) is 15.7 Å². The lowest BCUT2D eigenvalue weighted by molar-refractivity contribution is 0.624. The van der Waals surface area contributed by atoms with Gasteiger partial charge in [0.05, 0.1) is 21.6 Å². The number of benzene rings is 2. The van der Waals surface area contributed by atoms with Gasteiger partial charge in [0, 0.05) is 16.8 Å². The monoisotopic (exact) mass is 319 g/mol. The van der Waals surface area contributed by atoms with E-state index < -0.39 is 0 Å². The van der Waals surface area contributed by atoms with Crippen LogP contribution in [0.1, 0.15) is 19.9 Å². The number of imidazole rings is 1. The fourth-order valence-corrected chi connectivity index (χ4v) is 2.98. The first kappa shape index (κ1) is 14.2. The molecule has 0 fully saturated rings. The number of fused-ring (bicyclic) bond motifs is 1. The summed E-state index contributed by atoms with van der Waals surface area (Å²) in [6, 6.07) is 11.4. The van der Waals surface area contributed by atoms with Crippen LogP contribution in [0.3, 0.4) is 0 Å². The van der Waals surface area contributed by atoms with Gasteiger partial charge in [-0.3, -0.25) is 0 Å². The van der Waals surface area contributed by atoms with Crippen LogP contribution in [0, 0.1) is 0 Å². The number of rotatable bonds is 2. The average Bonchev–Trinajstić information content (AvgIpc) is 2.76. The van der Waals surface area contributed by atoms with Crippen LogP contribution in [0.15, 0.2) is 36.4 Å². The van der Waals surface area contributed by atoms with Crippen LogP contribution in [0.4, 0.5) is 5.69 Å². The van der Waals surface area contributed by atoms with Crippen molar-refractivity contribution in [3.63, 3.8) is 0 Å². The molecule has 0 aliphatic heterocycles. The summed E-state index contributed by atoms with van der Waals surface area (Å²) in [7, 11) is 0. The van der Waals surface area contributed by atoms with Crippen LogP contribution in [-0.4, -0.2) is 9.55 Å². The Hall–Kier alpha value is -1.71. The summed E-state index contributed by atoms with van der Waals surface area (Å²) in [6.45, 7) is 4.21. The minimum Gasteiger partial charge on any atom is -0.398 e. The SMILES string of the molecule is CC(C)n1c(-c2c(N)cccc2Cl)nc2cc(Cl)ccc21. The third-order valence-electron chi connectivity index (χ3n) is 3.44. The molecule has 1 aromatic heterocycles. The summed E-state index contributed by atoms with van der Waals surface area (Å²) >= 11 is 12.4. The first-order chi connectivity index (χ1) is 9.99. The van der Waals surface area contributed by atoms with Gasteiger partial charge in [-0.2, -0.15) is 0 Å². The Balaban J connectivity index is 2.39. The first-order valence-corrected chi connectivity index (χ1v) is 7.46. The van der Waals surface area contributed by atoms with Crippen molar-refractivity contribution in [2.24, 2.45) is 0 Å². The van der Waals surface area contributed by atoms with E-state index in [0.717, 1.165) is 22.4 Å². The molecule has 1 heterocycles. The molecule has 2 aromatic carbocycles. The summed E-state index contributed by atoms with van der Waals surface area (Å²) in [5.41, 5.74) is 9.35. The lowest BCUT2D eigenvalue weighted by atomic mass is 10.1. The molecule has 3 nitrogen and oxygen atoms in total. The molecule has 0 amide bonds. The first-order valence-electron chi connectivity index (χ1n) is 6.71. The highest BCUT2D eigenvalue weighted by molar-refractivity contribution is 6.34. The molecule has 108 valence electrons. The van der Waals surface area contributed by atoms with Crippen molar-refractivity contribution < 1.29 is 0 Å². The molecule has 0 atom stereocenters. The largest absolute Gasteiger partial charge is 0.398 e. The zero-order valence-corrected chi connectivity index (χ0v) is 13.3. The molecule has 21 heavy (non-hydrogen) atoms. The average molecular weight is 320 g/mol. The van der Waals surface area contributed by atoms with E-state index in [1.807, 2.05) is 36.4 Å². The fourth-order valence-electron chi connectivity index (χ4n) is 2.55. The standard InChI is InChI=1S/C16H15Cl2N3/c1-9(2)21-14-7-6-10(17)8-13(14)20-16(21)15-11(18)4-3-5-12(15)19/h3-9H,19H2,1-2H3. The van der Waals surface area contributed by atoms with Crippen molar-refractivity contribution in [2.75, 3.05) is 5.73 Å². The Morgan fingerprint density at radius 2 is 1.90 bits per heavy atom. The van der Waals surface area contributed by atoms with Crippen molar-refractivity contribution in [1.82, 2.24) is 9.55 Å². The third-order valence-corrected chi connectivity index (χ3v) is 3.99. The van der Waals surface area contributed by atoms with E-state index >= 15 is 0 Å². The van der Waals surface area contributed by atoms with Gasteiger partial charge in [-0.25, -0.2) is 4.98 Å². The number of hydrogen-bond acceptors (Lipinski definition) is 2. The predicted molar refractivity (Wildman–Crippen MR) is 90.0 cm³/mol. The number of nitrogens with two attached hydrogens (primary N) is 1. The fraction of sp³-hybridized carbons (Fsp3) is 0.188. The van der Waals surface area contributed by atoms with E-state index in [9.17, 15) is 0 Å². The van der Waals surface area contributed by atoms with Gasteiger partial charge in [0.1, 0.15) is 5.82 Å². The zero-order valence-electron chi connectivity index (χ0n) is 11.8. The summed E-state index contributed by atoms with van der Waals surface area (Å²) in [4.78, 5) is 4.70. The van der Waals surface area contributed by atoms with E-state index in [4.69, 9.17) is 33.9 Å². The molecule has 0 bridgehead atoms. The lowest BCUT2D eigenvalue weighted by Gasteiger charge is -2.15. The molecular formula is C16H15Cl2N3. The Kier molecular flexibility index (Phi) is 3.56. The van der Waals surface area contributed by atoms with Gasteiger partial charge in [-0.15, -0.1) is 0 Å². The van der Waals surface area contributed by atoms with Crippen LogP contribution in [-0.2, 0) is 0 Å². The van der Waals surface area contributed by atoms with Crippen molar-refractivity contribution in [3.05, 3.63) is 46.4 Å². The summed E-state index contributed by atoms with van der Waals surface area (Å²) in [5, 5.41) is 1.26. The highest BCUT2D eigenvalue weighted by Crippen LogP contribution is 2.36. The Labute approximate surface area is 133 Å². The van der Waals surface area contributed by atoms with Crippen molar-refractivity contribution in [3.8, 4) is 11.4 Å².